The molecule has 0 heterocycles. The highest BCUT2D eigenvalue weighted by Crippen LogP contribution is 2.21. The summed E-state index contributed by atoms with van der Waals surface area (Å²) in [6.45, 7) is 5.94. The lowest BCUT2D eigenvalue weighted by atomic mass is 10.0. The minimum absolute atomic E-state index is 0.869. The normalized spacial score (nSPS) is 9.62. The first-order valence-corrected chi connectivity index (χ1v) is 6.07. The number of fused-ring (bicyclic) bond motifs is 1. The second-order valence-electron chi connectivity index (χ2n) is 3.61. The van der Waals surface area contributed by atoms with Crippen LogP contribution in [0, 0.1) is 6.92 Å². The molecule has 0 aliphatic heterocycles. The zero-order valence-electron chi connectivity index (χ0n) is 10.2. The van der Waals surface area contributed by atoms with Gasteiger partial charge in [-0.3, -0.25) is 0 Å². The molecule has 0 aliphatic rings. The third-order valence-corrected chi connectivity index (χ3v) is 2.46. The summed E-state index contributed by atoms with van der Waals surface area (Å²) in [4.78, 5) is 0. The molecule has 0 spiro atoms. The van der Waals surface area contributed by atoms with Gasteiger partial charge in [0, 0.05) is 7.11 Å². The monoisotopic (exact) mass is 230 g/mol. The molecule has 0 aromatic heterocycles. The Bertz CT molecular complexity index is 477. The van der Waals surface area contributed by atoms with Gasteiger partial charge < -0.3 is 4.43 Å². The molecule has 0 saturated heterocycles. The Hall–Kier alpha value is -1.38. The van der Waals surface area contributed by atoms with Crippen LogP contribution in [-0.2, 0) is 4.43 Å². The highest BCUT2D eigenvalue weighted by molar-refractivity contribution is 5.97. The molecule has 2 rings (SSSR count). The first kappa shape index (κ1) is 12.7. The standard InChI is InChI=1S/C13H12.CH6OSi/c1-3-11-8-9-12-6-4-5-7-13(12)10(11)2;1-2-3/h3-9H,1H2,2H3;1,3H3. The molecule has 0 fully saturated rings. The Morgan fingerprint density at radius 2 is 1.81 bits per heavy atom. The zero-order chi connectivity index (χ0) is 12.0. The van der Waals surface area contributed by atoms with Crippen molar-refractivity contribution in [1.29, 1.82) is 0 Å². The lowest BCUT2D eigenvalue weighted by molar-refractivity contribution is 0.460. The molecule has 2 aromatic rings. The number of hydrogen-bond acceptors (Lipinski definition) is 1. The van der Waals surface area contributed by atoms with Crippen LogP contribution >= 0.6 is 0 Å². The van der Waals surface area contributed by atoms with Gasteiger partial charge in [-0.05, 0) is 28.8 Å². The lowest BCUT2D eigenvalue weighted by Crippen LogP contribution is -1.82. The SMILES string of the molecule is C=Cc1ccc2ccccc2c1C.CO[SiH3]. The Balaban J connectivity index is 0.000000386. The van der Waals surface area contributed by atoms with Gasteiger partial charge in [-0.25, -0.2) is 0 Å². The van der Waals surface area contributed by atoms with Crippen LogP contribution < -0.4 is 0 Å². The Kier molecular flexibility index (Phi) is 4.96. The second-order valence-corrected chi connectivity index (χ2v) is 4.43. The van der Waals surface area contributed by atoms with Crippen molar-refractivity contribution in [2.24, 2.45) is 0 Å². The minimum atomic E-state index is 0.869. The third kappa shape index (κ3) is 2.81. The van der Waals surface area contributed by atoms with Crippen molar-refractivity contribution >= 4 is 27.3 Å². The fraction of sp³-hybridized carbons (Fsp3) is 0.143. The van der Waals surface area contributed by atoms with Crippen LogP contribution in [0.3, 0.4) is 0 Å². The zero-order valence-corrected chi connectivity index (χ0v) is 12.2. The van der Waals surface area contributed by atoms with Crippen molar-refractivity contribution in [2.45, 2.75) is 6.92 Å². The van der Waals surface area contributed by atoms with E-state index in [0.717, 1.165) is 10.5 Å². The maximum atomic E-state index is 4.39. The van der Waals surface area contributed by atoms with Crippen LogP contribution in [-0.4, -0.2) is 17.6 Å². The Morgan fingerprint density at radius 1 is 1.19 bits per heavy atom. The first-order chi connectivity index (χ1) is 7.74. The van der Waals surface area contributed by atoms with Gasteiger partial charge in [-0.1, -0.05) is 49.1 Å². The molecule has 2 heteroatoms. The molecule has 84 valence electrons. The molecule has 0 radical (unpaired) electrons. The molecular formula is C14H18OSi. The van der Waals surface area contributed by atoms with E-state index in [0.29, 0.717) is 0 Å². The van der Waals surface area contributed by atoms with Crippen molar-refractivity contribution in [3.8, 4) is 0 Å². The highest BCUT2D eigenvalue weighted by Gasteiger charge is 1.98. The van der Waals surface area contributed by atoms with Gasteiger partial charge in [-0.2, -0.15) is 0 Å². The maximum Gasteiger partial charge on any atom is 0.145 e. The van der Waals surface area contributed by atoms with Crippen LogP contribution in [0.4, 0.5) is 0 Å². The molecule has 0 N–H and O–H groups in total. The largest absolute Gasteiger partial charge is 0.431 e. The van der Waals surface area contributed by atoms with E-state index in [9.17, 15) is 0 Å². The third-order valence-electron chi connectivity index (χ3n) is 2.46. The van der Waals surface area contributed by atoms with Crippen LogP contribution in [0.5, 0.6) is 0 Å². The summed E-state index contributed by atoms with van der Waals surface area (Å²) in [5, 5.41) is 2.62. The van der Waals surface area contributed by atoms with E-state index in [-0.39, 0.29) is 0 Å². The summed E-state index contributed by atoms with van der Waals surface area (Å²) in [5.41, 5.74) is 2.53. The molecule has 0 aliphatic carbocycles. The van der Waals surface area contributed by atoms with Crippen molar-refractivity contribution in [2.75, 3.05) is 7.11 Å². The fourth-order valence-electron chi connectivity index (χ4n) is 1.67. The number of rotatable bonds is 1. The van der Waals surface area contributed by atoms with Crippen molar-refractivity contribution < 1.29 is 4.43 Å². The molecule has 0 amide bonds. The molecule has 2 aromatic carbocycles. The number of benzene rings is 2. The lowest BCUT2D eigenvalue weighted by Gasteiger charge is -2.04. The quantitative estimate of drug-likeness (QED) is 0.684. The second kappa shape index (κ2) is 6.25. The van der Waals surface area contributed by atoms with Gasteiger partial charge in [0.05, 0.1) is 0 Å². The summed E-state index contributed by atoms with van der Waals surface area (Å²) >= 11 is 0. The average Bonchev–Trinajstić information content (AvgIpc) is 2.31. The Labute approximate surface area is 100 Å². The van der Waals surface area contributed by atoms with Gasteiger partial charge in [0.25, 0.3) is 0 Å². The van der Waals surface area contributed by atoms with Crippen LogP contribution in [0.1, 0.15) is 11.1 Å². The predicted octanol–water partition coefficient (Wildman–Crippen LogP) is 2.70. The van der Waals surface area contributed by atoms with E-state index in [4.69, 9.17) is 0 Å². The van der Waals surface area contributed by atoms with E-state index in [1.165, 1.54) is 21.9 Å². The van der Waals surface area contributed by atoms with Crippen LogP contribution in [0.2, 0.25) is 0 Å². The van der Waals surface area contributed by atoms with Crippen LogP contribution in [0.25, 0.3) is 16.8 Å². The number of hydrogen-bond donors (Lipinski definition) is 0. The molecule has 0 saturated carbocycles. The molecule has 0 atom stereocenters. The smallest absolute Gasteiger partial charge is 0.145 e. The van der Waals surface area contributed by atoms with Gasteiger partial charge in [-0.15, -0.1) is 0 Å². The number of aryl methyl sites for hydroxylation is 1. The van der Waals surface area contributed by atoms with Gasteiger partial charge in [0.15, 0.2) is 0 Å². The first-order valence-electron chi connectivity index (χ1n) is 5.25. The molecule has 16 heavy (non-hydrogen) atoms. The van der Waals surface area contributed by atoms with E-state index in [1.807, 2.05) is 6.08 Å². The predicted molar refractivity (Wildman–Crippen MR) is 75.7 cm³/mol. The summed E-state index contributed by atoms with van der Waals surface area (Å²) in [6, 6.07) is 12.7. The Morgan fingerprint density at radius 3 is 2.44 bits per heavy atom. The molecule has 1 nitrogen and oxygen atoms in total. The van der Waals surface area contributed by atoms with E-state index in [1.54, 1.807) is 7.11 Å². The fourth-order valence-corrected chi connectivity index (χ4v) is 1.67. The van der Waals surface area contributed by atoms with Gasteiger partial charge in [0.2, 0.25) is 0 Å². The average molecular weight is 230 g/mol. The maximum absolute atomic E-state index is 4.39. The minimum Gasteiger partial charge on any atom is -0.431 e. The topological polar surface area (TPSA) is 9.23 Å². The molecule has 0 unspecified atom stereocenters. The van der Waals surface area contributed by atoms with E-state index >= 15 is 0 Å². The summed E-state index contributed by atoms with van der Waals surface area (Å²) in [6.07, 6.45) is 1.90. The molecule has 0 bridgehead atoms. The molecular weight excluding hydrogens is 212 g/mol. The van der Waals surface area contributed by atoms with Crippen molar-refractivity contribution in [3.05, 3.63) is 54.1 Å². The van der Waals surface area contributed by atoms with Gasteiger partial charge >= 0.3 is 0 Å². The summed E-state index contributed by atoms with van der Waals surface area (Å²) < 4.78 is 4.39. The van der Waals surface area contributed by atoms with Crippen molar-refractivity contribution in [1.82, 2.24) is 0 Å². The van der Waals surface area contributed by atoms with Gasteiger partial charge in [0.1, 0.15) is 10.5 Å². The van der Waals surface area contributed by atoms with Crippen molar-refractivity contribution in [3.63, 3.8) is 0 Å². The summed E-state index contributed by atoms with van der Waals surface area (Å²) in [5.74, 6) is 0. The highest BCUT2D eigenvalue weighted by atomic mass is 28.2. The van der Waals surface area contributed by atoms with E-state index < -0.39 is 0 Å². The summed E-state index contributed by atoms with van der Waals surface area (Å²) in [7, 11) is 2.56. The van der Waals surface area contributed by atoms with Crippen LogP contribution in [0.15, 0.2) is 43.0 Å². The van der Waals surface area contributed by atoms with E-state index in [2.05, 4.69) is 54.3 Å².